The van der Waals surface area contributed by atoms with Crippen molar-refractivity contribution in [1.29, 1.82) is 0 Å². The molecule has 7 unspecified atom stereocenters. The third kappa shape index (κ3) is 1.74. The van der Waals surface area contributed by atoms with Gasteiger partial charge < -0.3 is 0 Å². The van der Waals surface area contributed by atoms with Gasteiger partial charge >= 0.3 is 0 Å². The summed E-state index contributed by atoms with van der Waals surface area (Å²) in [4.78, 5) is 0. The Labute approximate surface area is 95.8 Å². The SMILES string of the molecule is CCC(C)C1CC2C(C)C2C1C(C)CC. The van der Waals surface area contributed by atoms with Gasteiger partial charge in [0.1, 0.15) is 0 Å². The minimum Gasteiger partial charge on any atom is -0.0651 e. The standard InChI is InChI=1S/C15H28/c1-6-9(3)12-8-13-11(5)15(13)14(12)10(4)7-2/h9-15H,6-8H2,1-5H3. The molecule has 15 heavy (non-hydrogen) atoms. The molecule has 0 aromatic rings. The molecule has 2 rings (SSSR count). The molecule has 0 aromatic heterocycles. The summed E-state index contributed by atoms with van der Waals surface area (Å²) < 4.78 is 0. The van der Waals surface area contributed by atoms with Gasteiger partial charge in [0.2, 0.25) is 0 Å². The maximum atomic E-state index is 2.49. The lowest BCUT2D eigenvalue weighted by molar-refractivity contribution is 0.163. The van der Waals surface area contributed by atoms with Crippen LogP contribution in [0.15, 0.2) is 0 Å². The molecule has 0 N–H and O–H groups in total. The highest BCUT2D eigenvalue weighted by molar-refractivity contribution is 5.08. The van der Waals surface area contributed by atoms with Crippen molar-refractivity contribution in [3.8, 4) is 0 Å². The lowest BCUT2D eigenvalue weighted by Crippen LogP contribution is -2.26. The zero-order valence-electron chi connectivity index (χ0n) is 11.2. The lowest BCUT2D eigenvalue weighted by atomic mass is 9.73. The predicted octanol–water partition coefficient (Wildman–Crippen LogP) is 4.60. The van der Waals surface area contributed by atoms with E-state index in [2.05, 4.69) is 34.6 Å². The number of rotatable bonds is 4. The Morgan fingerprint density at radius 1 is 1.07 bits per heavy atom. The molecule has 2 aliphatic carbocycles. The summed E-state index contributed by atoms with van der Waals surface area (Å²) in [7, 11) is 0. The zero-order chi connectivity index (χ0) is 11.2. The van der Waals surface area contributed by atoms with Crippen LogP contribution in [0.5, 0.6) is 0 Å². The average Bonchev–Trinajstić information content (AvgIpc) is 2.72. The van der Waals surface area contributed by atoms with Gasteiger partial charge in [0, 0.05) is 0 Å². The highest BCUT2D eigenvalue weighted by Gasteiger charge is 2.60. The zero-order valence-corrected chi connectivity index (χ0v) is 11.2. The third-order valence-electron chi connectivity index (χ3n) is 5.80. The highest BCUT2D eigenvalue weighted by Crippen LogP contribution is 2.66. The minimum atomic E-state index is 0.962. The van der Waals surface area contributed by atoms with E-state index in [0.717, 1.165) is 41.4 Å². The van der Waals surface area contributed by atoms with Crippen LogP contribution in [0.25, 0.3) is 0 Å². The molecule has 0 heterocycles. The van der Waals surface area contributed by atoms with Gasteiger partial charge in [0.15, 0.2) is 0 Å². The summed E-state index contributed by atoms with van der Waals surface area (Å²) in [5.41, 5.74) is 0. The van der Waals surface area contributed by atoms with Crippen LogP contribution in [0.3, 0.4) is 0 Å². The Morgan fingerprint density at radius 2 is 1.67 bits per heavy atom. The van der Waals surface area contributed by atoms with E-state index in [9.17, 15) is 0 Å². The molecule has 88 valence electrons. The van der Waals surface area contributed by atoms with Crippen LogP contribution in [-0.2, 0) is 0 Å². The molecule has 0 nitrogen and oxygen atoms in total. The van der Waals surface area contributed by atoms with Crippen molar-refractivity contribution in [2.24, 2.45) is 41.4 Å². The number of hydrogen-bond acceptors (Lipinski definition) is 0. The number of hydrogen-bond donors (Lipinski definition) is 0. The van der Waals surface area contributed by atoms with Gasteiger partial charge in [-0.1, -0.05) is 47.5 Å². The van der Waals surface area contributed by atoms with E-state index in [-0.39, 0.29) is 0 Å². The van der Waals surface area contributed by atoms with E-state index >= 15 is 0 Å². The Bertz CT molecular complexity index is 220. The summed E-state index contributed by atoms with van der Waals surface area (Å²) in [6.45, 7) is 12.2. The van der Waals surface area contributed by atoms with Gasteiger partial charge in [0.05, 0.1) is 0 Å². The molecule has 2 fully saturated rings. The monoisotopic (exact) mass is 208 g/mol. The van der Waals surface area contributed by atoms with Gasteiger partial charge in [-0.2, -0.15) is 0 Å². The van der Waals surface area contributed by atoms with Gasteiger partial charge in [-0.3, -0.25) is 0 Å². The first-order valence-corrected chi connectivity index (χ1v) is 7.11. The Hall–Kier alpha value is 0. The molecule has 0 aliphatic heterocycles. The van der Waals surface area contributed by atoms with Gasteiger partial charge in [-0.15, -0.1) is 0 Å². The van der Waals surface area contributed by atoms with Crippen LogP contribution in [-0.4, -0.2) is 0 Å². The smallest absolute Gasteiger partial charge is 0.0321 e. The molecule has 0 amide bonds. The average molecular weight is 208 g/mol. The van der Waals surface area contributed by atoms with Crippen LogP contribution in [0.4, 0.5) is 0 Å². The molecule has 0 heteroatoms. The highest BCUT2D eigenvalue weighted by atomic mass is 14.6. The fourth-order valence-electron chi connectivity index (χ4n) is 4.33. The van der Waals surface area contributed by atoms with Crippen molar-refractivity contribution in [2.45, 2.75) is 53.9 Å². The molecule has 7 atom stereocenters. The van der Waals surface area contributed by atoms with Crippen LogP contribution >= 0.6 is 0 Å². The summed E-state index contributed by atoms with van der Waals surface area (Å²) in [5, 5.41) is 0. The van der Waals surface area contributed by atoms with E-state index in [1.807, 2.05) is 0 Å². The van der Waals surface area contributed by atoms with Crippen molar-refractivity contribution in [2.75, 3.05) is 0 Å². The maximum absolute atomic E-state index is 2.49. The van der Waals surface area contributed by atoms with Crippen LogP contribution in [0, 0.1) is 41.4 Å². The van der Waals surface area contributed by atoms with Crippen molar-refractivity contribution in [3.63, 3.8) is 0 Å². The predicted molar refractivity (Wildman–Crippen MR) is 66.7 cm³/mol. The van der Waals surface area contributed by atoms with E-state index in [4.69, 9.17) is 0 Å². The minimum absolute atomic E-state index is 0.962. The molecule has 0 spiro atoms. The summed E-state index contributed by atoms with van der Waals surface area (Å²) in [6.07, 6.45) is 4.31. The first-order valence-electron chi connectivity index (χ1n) is 7.11. The van der Waals surface area contributed by atoms with E-state index in [1.165, 1.54) is 12.8 Å². The van der Waals surface area contributed by atoms with E-state index in [1.54, 1.807) is 6.42 Å². The first-order chi connectivity index (χ1) is 7.11. The summed E-state index contributed by atoms with van der Waals surface area (Å²) in [5.74, 6) is 7.32. The summed E-state index contributed by atoms with van der Waals surface area (Å²) >= 11 is 0. The van der Waals surface area contributed by atoms with Gasteiger partial charge in [0.25, 0.3) is 0 Å². The molecular weight excluding hydrogens is 180 g/mol. The normalized spacial score (nSPS) is 47.4. The van der Waals surface area contributed by atoms with Crippen molar-refractivity contribution >= 4 is 0 Å². The number of fused-ring (bicyclic) bond motifs is 1. The fraction of sp³-hybridized carbons (Fsp3) is 1.00. The first kappa shape index (κ1) is 11.5. The quantitative estimate of drug-likeness (QED) is 0.633. The van der Waals surface area contributed by atoms with Crippen molar-refractivity contribution < 1.29 is 0 Å². The molecule has 0 radical (unpaired) electrons. The van der Waals surface area contributed by atoms with Crippen molar-refractivity contribution in [3.05, 3.63) is 0 Å². The molecule has 0 saturated heterocycles. The van der Waals surface area contributed by atoms with Crippen molar-refractivity contribution in [1.82, 2.24) is 0 Å². The maximum Gasteiger partial charge on any atom is -0.0321 e. The van der Waals surface area contributed by atoms with Crippen LogP contribution in [0.2, 0.25) is 0 Å². The Kier molecular flexibility index (Phi) is 3.14. The second-order valence-corrected chi connectivity index (χ2v) is 6.35. The molecular formula is C15H28. The fourth-order valence-corrected chi connectivity index (χ4v) is 4.33. The third-order valence-corrected chi connectivity index (χ3v) is 5.80. The molecule has 2 saturated carbocycles. The second kappa shape index (κ2) is 4.11. The van der Waals surface area contributed by atoms with E-state index in [0.29, 0.717) is 0 Å². The van der Waals surface area contributed by atoms with Gasteiger partial charge in [-0.05, 0) is 47.8 Å². The second-order valence-electron chi connectivity index (χ2n) is 6.35. The summed E-state index contributed by atoms with van der Waals surface area (Å²) in [6, 6.07) is 0. The van der Waals surface area contributed by atoms with Gasteiger partial charge in [-0.25, -0.2) is 0 Å². The molecule has 0 aromatic carbocycles. The largest absolute Gasteiger partial charge is 0.0651 e. The Morgan fingerprint density at radius 3 is 2.20 bits per heavy atom. The van der Waals surface area contributed by atoms with Crippen LogP contribution in [0.1, 0.15) is 53.9 Å². The topological polar surface area (TPSA) is 0 Å². The van der Waals surface area contributed by atoms with Crippen LogP contribution < -0.4 is 0 Å². The van der Waals surface area contributed by atoms with E-state index < -0.39 is 0 Å². The Balaban J connectivity index is 2.07. The molecule has 2 aliphatic rings. The molecule has 0 bridgehead atoms. The lowest BCUT2D eigenvalue weighted by Gasteiger charge is -2.32.